The van der Waals surface area contributed by atoms with Crippen LogP contribution in [-0.4, -0.2) is 13.1 Å². The third-order valence-electron chi connectivity index (χ3n) is 3.83. The Labute approximate surface area is 140 Å². The summed E-state index contributed by atoms with van der Waals surface area (Å²) in [6, 6.07) is 11.2. The molecule has 1 heterocycles. The molecule has 5 heteroatoms. The fourth-order valence-electron chi connectivity index (χ4n) is 2.66. The molecule has 0 saturated carbocycles. The number of halogens is 2. The van der Waals surface area contributed by atoms with E-state index in [0.717, 1.165) is 30.1 Å². The van der Waals surface area contributed by atoms with Gasteiger partial charge in [0.05, 0.1) is 5.69 Å². The number of hydrogen-bond acceptors (Lipinski definition) is 3. The standard InChI is InChI=1S/C17H18Cl2N2O/c18-13-4-3-12(15(19)9-13)11-22-17-10-14(20)5-6-16(17)21-7-1-2-8-21/h3-6,9-10H,1-2,7-8,11,20H2. The van der Waals surface area contributed by atoms with Crippen molar-refractivity contribution in [3.05, 3.63) is 52.0 Å². The van der Waals surface area contributed by atoms with Crippen LogP contribution in [0.2, 0.25) is 10.0 Å². The molecule has 0 aliphatic carbocycles. The number of ether oxygens (including phenoxy) is 1. The first-order chi connectivity index (χ1) is 10.6. The Bertz CT molecular complexity index is 670. The Morgan fingerprint density at radius 3 is 2.55 bits per heavy atom. The van der Waals surface area contributed by atoms with Crippen molar-refractivity contribution in [2.24, 2.45) is 0 Å². The Balaban J connectivity index is 1.80. The average Bonchev–Trinajstić information content (AvgIpc) is 3.00. The van der Waals surface area contributed by atoms with Gasteiger partial charge in [0.25, 0.3) is 0 Å². The Morgan fingerprint density at radius 2 is 1.82 bits per heavy atom. The lowest BCUT2D eigenvalue weighted by Gasteiger charge is -2.22. The van der Waals surface area contributed by atoms with Crippen LogP contribution in [0, 0.1) is 0 Å². The molecule has 0 bridgehead atoms. The van der Waals surface area contributed by atoms with Crippen molar-refractivity contribution in [3.63, 3.8) is 0 Å². The Kier molecular flexibility index (Phi) is 4.65. The highest BCUT2D eigenvalue weighted by molar-refractivity contribution is 6.35. The lowest BCUT2D eigenvalue weighted by atomic mass is 10.2. The molecule has 1 aliphatic heterocycles. The van der Waals surface area contributed by atoms with Gasteiger partial charge in [-0.15, -0.1) is 0 Å². The van der Waals surface area contributed by atoms with E-state index in [0.29, 0.717) is 22.3 Å². The van der Waals surface area contributed by atoms with Crippen LogP contribution < -0.4 is 15.4 Å². The SMILES string of the molecule is Nc1ccc(N2CCCC2)c(OCc2ccc(Cl)cc2Cl)c1. The molecule has 2 aromatic carbocycles. The highest BCUT2D eigenvalue weighted by atomic mass is 35.5. The van der Waals surface area contributed by atoms with Gasteiger partial charge in [0, 0.05) is 40.5 Å². The van der Waals surface area contributed by atoms with Gasteiger partial charge >= 0.3 is 0 Å². The number of benzene rings is 2. The Morgan fingerprint density at radius 1 is 1.05 bits per heavy atom. The second-order valence-corrected chi connectivity index (χ2v) is 6.29. The molecule has 0 amide bonds. The summed E-state index contributed by atoms with van der Waals surface area (Å²) in [5.74, 6) is 0.799. The van der Waals surface area contributed by atoms with E-state index in [1.807, 2.05) is 30.3 Å². The summed E-state index contributed by atoms with van der Waals surface area (Å²) in [4.78, 5) is 2.33. The minimum atomic E-state index is 0.389. The van der Waals surface area contributed by atoms with E-state index < -0.39 is 0 Å². The molecule has 0 unspecified atom stereocenters. The van der Waals surface area contributed by atoms with Gasteiger partial charge in [-0.3, -0.25) is 0 Å². The van der Waals surface area contributed by atoms with E-state index >= 15 is 0 Å². The first-order valence-corrected chi connectivity index (χ1v) is 8.10. The van der Waals surface area contributed by atoms with E-state index in [1.54, 1.807) is 6.07 Å². The summed E-state index contributed by atoms with van der Waals surface area (Å²) >= 11 is 12.1. The van der Waals surface area contributed by atoms with Crippen molar-refractivity contribution in [3.8, 4) is 5.75 Å². The summed E-state index contributed by atoms with van der Waals surface area (Å²) in [7, 11) is 0. The fraction of sp³-hybridized carbons (Fsp3) is 0.294. The topological polar surface area (TPSA) is 38.5 Å². The summed E-state index contributed by atoms with van der Waals surface area (Å²) < 4.78 is 5.99. The molecule has 2 aromatic rings. The van der Waals surface area contributed by atoms with Gasteiger partial charge in [-0.25, -0.2) is 0 Å². The first-order valence-electron chi connectivity index (χ1n) is 7.35. The fourth-order valence-corrected chi connectivity index (χ4v) is 3.12. The van der Waals surface area contributed by atoms with Crippen LogP contribution in [0.25, 0.3) is 0 Å². The quantitative estimate of drug-likeness (QED) is 0.818. The van der Waals surface area contributed by atoms with Gasteiger partial charge in [-0.1, -0.05) is 29.3 Å². The molecular formula is C17H18Cl2N2O. The largest absolute Gasteiger partial charge is 0.487 e. The van der Waals surface area contributed by atoms with E-state index in [1.165, 1.54) is 12.8 Å². The maximum absolute atomic E-state index is 6.19. The normalized spacial score (nSPS) is 14.4. The number of nitrogens with two attached hydrogens (primary N) is 1. The molecule has 0 radical (unpaired) electrons. The van der Waals surface area contributed by atoms with Crippen LogP contribution in [0.4, 0.5) is 11.4 Å². The summed E-state index contributed by atoms with van der Waals surface area (Å²) in [5, 5.41) is 1.23. The minimum Gasteiger partial charge on any atom is -0.487 e. The van der Waals surface area contributed by atoms with Gasteiger partial charge in [-0.2, -0.15) is 0 Å². The van der Waals surface area contributed by atoms with Crippen LogP contribution in [0.1, 0.15) is 18.4 Å². The second kappa shape index (κ2) is 6.67. The monoisotopic (exact) mass is 336 g/mol. The molecule has 0 atom stereocenters. The lowest BCUT2D eigenvalue weighted by molar-refractivity contribution is 0.307. The van der Waals surface area contributed by atoms with E-state index in [9.17, 15) is 0 Å². The van der Waals surface area contributed by atoms with Crippen LogP contribution in [0.15, 0.2) is 36.4 Å². The maximum atomic E-state index is 6.19. The van der Waals surface area contributed by atoms with Gasteiger partial charge in [0.1, 0.15) is 12.4 Å². The first kappa shape index (κ1) is 15.3. The Hall–Kier alpha value is -1.58. The van der Waals surface area contributed by atoms with Gasteiger partial charge < -0.3 is 15.4 Å². The van der Waals surface area contributed by atoms with Crippen LogP contribution in [0.3, 0.4) is 0 Å². The van der Waals surface area contributed by atoms with Crippen molar-refractivity contribution < 1.29 is 4.74 Å². The highest BCUT2D eigenvalue weighted by Crippen LogP contribution is 2.34. The molecule has 1 aliphatic rings. The second-order valence-electron chi connectivity index (χ2n) is 5.45. The smallest absolute Gasteiger partial charge is 0.145 e. The molecule has 0 aromatic heterocycles. The zero-order chi connectivity index (χ0) is 15.5. The molecule has 2 N–H and O–H groups in total. The number of rotatable bonds is 4. The summed E-state index contributed by atoms with van der Waals surface area (Å²) in [6.07, 6.45) is 2.43. The van der Waals surface area contributed by atoms with Gasteiger partial charge in [-0.05, 0) is 37.1 Å². The lowest BCUT2D eigenvalue weighted by Crippen LogP contribution is -2.18. The van der Waals surface area contributed by atoms with Crippen LogP contribution in [-0.2, 0) is 6.61 Å². The molecule has 3 nitrogen and oxygen atoms in total. The summed E-state index contributed by atoms with van der Waals surface area (Å²) in [6.45, 7) is 2.50. The highest BCUT2D eigenvalue weighted by Gasteiger charge is 2.17. The molecule has 3 rings (SSSR count). The number of nitrogens with zero attached hydrogens (tertiary/aromatic N) is 1. The van der Waals surface area contributed by atoms with Crippen molar-refractivity contribution in [1.82, 2.24) is 0 Å². The van der Waals surface area contributed by atoms with Crippen LogP contribution in [0.5, 0.6) is 5.75 Å². The van der Waals surface area contributed by atoms with Crippen molar-refractivity contribution in [1.29, 1.82) is 0 Å². The van der Waals surface area contributed by atoms with E-state index in [4.69, 9.17) is 33.7 Å². The van der Waals surface area contributed by atoms with E-state index in [-0.39, 0.29) is 0 Å². The molecule has 22 heavy (non-hydrogen) atoms. The third kappa shape index (κ3) is 3.42. The zero-order valence-corrected chi connectivity index (χ0v) is 13.7. The van der Waals surface area contributed by atoms with Crippen molar-refractivity contribution in [2.45, 2.75) is 19.4 Å². The average molecular weight is 337 g/mol. The molecule has 116 valence electrons. The molecule has 1 fully saturated rings. The number of anilines is 2. The third-order valence-corrected chi connectivity index (χ3v) is 4.42. The molecule has 1 saturated heterocycles. The van der Waals surface area contributed by atoms with Crippen molar-refractivity contribution >= 4 is 34.6 Å². The predicted octanol–water partition coefficient (Wildman–Crippen LogP) is 4.75. The van der Waals surface area contributed by atoms with Gasteiger partial charge in [0.15, 0.2) is 0 Å². The zero-order valence-electron chi connectivity index (χ0n) is 12.2. The minimum absolute atomic E-state index is 0.389. The summed E-state index contributed by atoms with van der Waals surface area (Å²) in [5.41, 5.74) is 8.60. The number of hydrogen-bond donors (Lipinski definition) is 1. The molecule has 0 spiro atoms. The van der Waals surface area contributed by atoms with Crippen molar-refractivity contribution in [2.75, 3.05) is 23.7 Å². The van der Waals surface area contributed by atoms with Gasteiger partial charge in [0.2, 0.25) is 0 Å². The predicted molar refractivity (Wildman–Crippen MR) is 93.1 cm³/mol. The number of nitrogen functional groups attached to an aromatic ring is 1. The van der Waals surface area contributed by atoms with E-state index in [2.05, 4.69) is 4.90 Å². The molecular weight excluding hydrogens is 319 g/mol. The van der Waals surface area contributed by atoms with Crippen LogP contribution >= 0.6 is 23.2 Å². The maximum Gasteiger partial charge on any atom is 0.145 e.